The Morgan fingerprint density at radius 3 is 2.77 bits per heavy atom. The average molecular weight is 319 g/mol. The summed E-state index contributed by atoms with van der Waals surface area (Å²) in [6, 6.07) is 9.40. The summed E-state index contributed by atoms with van der Waals surface area (Å²) in [4.78, 5) is 21.4. The zero-order chi connectivity index (χ0) is 15.8. The minimum atomic E-state index is -0.592. The van der Waals surface area contributed by atoms with Gasteiger partial charge < -0.3 is 15.3 Å². The lowest BCUT2D eigenvalue weighted by Crippen LogP contribution is -2.20. The molecule has 22 heavy (non-hydrogen) atoms. The summed E-state index contributed by atoms with van der Waals surface area (Å²) in [6.45, 7) is 2.52. The molecule has 0 saturated carbocycles. The zero-order valence-corrected chi connectivity index (χ0v) is 13.0. The first-order valence-corrected chi connectivity index (χ1v) is 7.71. The maximum absolute atomic E-state index is 12.2. The van der Waals surface area contributed by atoms with E-state index in [4.69, 9.17) is 15.3 Å². The summed E-state index contributed by atoms with van der Waals surface area (Å²) >= 11 is 1.23. The highest BCUT2D eigenvalue weighted by atomic mass is 32.1. The highest BCUT2D eigenvalue weighted by Gasteiger charge is 2.20. The second-order valence-corrected chi connectivity index (χ2v) is 5.30. The number of hydrogen-bond acceptors (Lipinski definition) is 7. The Balaban J connectivity index is 2.07. The molecule has 0 atom stereocenters. The quantitative estimate of drug-likeness (QED) is 0.367. The second kappa shape index (κ2) is 8.14. The van der Waals surface area contributed by atoms with Gasteiger partial charge in [0, 0.05) is 5.38 Å². The summed E-state index contributed by atoms with van der Waals surface area (Å²) in [5.74, 6) is -0.592. The molecule has 2 rings (SSSR count). The van der Waals surface area contributed by atoms with Crippen LogP contribution >= 0.6 is 11.3 Å². The van der Waals surface area contributed by atoms with E-state index in [2.05, 4.69) is 10.1 Å². The molecule has 1 aromatic heterocycles. The number of hydrogen-bond donors (Lipinski definition) is 1. The zero-order valence-electron chi connectivity index (χ0n) is 12.2. The van der Waals surface area contributed by atoms with Crippen LogP contribution in [0.15, 0.2) is 40.9 Å². The van der Waals surface area contributed by atoms with E-state index in [-0.39, 0.29) is 12.3 Å². The van der Waals surface area contributed by atoms with Crippen LogP contribution in [0.5, 0.6) is 0 Å². The standard InChI is InChI=1S/C15H17N3O3S/c1-2-8-21-18-13(12-10-22-15(16)17-12)14(19)20-9-11-6-4-3-5-7-11/h3-7,10H,2,8-9H2,1H3,(H2,16,17). The number of nitrogen functional groups attached to an aromatic ring is 1. The lowest BCUT2D eigenvalue weighted by Gasteiger charge is -2.06. The molecular formula is C15H17N3O3S. The van der Waals surface area contributed by atoms with Crippen LogP contribution in [0.25, 0.3) is 0 Å². The van der Waals surface area contributed by atoms with E-state index in [1.165, 1.54) is 11.3 Å². The van der Waals surface area contributed by atoms with Crippen LogP contribution in [0.4, 0.5) is 5.13 Å². The lowest BCUT2D eigenvalue weighted by atomic mass is 10.2. The number of ether oxygens (including phenoxy) is 1. The van der Waals surface area contributed by atoms with E-state index >= 15 is 0 Å². The number of aromatic nitrogens is 1. The van der Waals surface area contributed by atoms with Gasteiger partial charge in [0.2, 0.25) is 5.71 Å². The molecule has 116 valence electrons. The van der Waals surface area contributed by atoms with E-state index in [1.54, 1.807) is 5.38 Å². The van der Waals surface area contributed by atoms with Crippen molar-refractivity contribution in [2.75, 3.05) is 12.3 Å². The van der Waals surface area contributed by atoms with Crippen LogP contribution in [0.3, 0.4) is 0 Å². The van der Waals surface area contributed by atoms with Gasteiger partial charge in [0.15, 0.2) is 5.13 Å². The van der Waals surface area contributed by atoms with Gasteiger partial charge in [-0.05, 0) is 12.0 Å². The fraction of sp³-hybridized carbons (Fsp3) is 0.267. The number of esters is 1. The fourth-order valence-electron chi connectivity index (χ4n) is 1.58. The van der Waals surface area contributed by atoms with E-state index < -0.39 is 5.97 Å². The molecule has 2 N–H and O–H groups in total. The molecule has 0 spiro atoms. The van der Waals surface area contributed by atoms with E-state index in [0.29, 0.717) is 17.4 Å². The lowest BCUT2D eigenvalue weighted by molar-refractivity contribution is -0.136. The molecule has 0 saturated heterocycles. The number of carbonyl (C=O) groups is 1. The van der Waals surface area contributed by atoms with Gasteiger partial charge in [0.25, 0.3) is 0 Å². The molecule has 0 aliphatic heterocycles. The van der Waals surface area contributed by atoms with Gasteiger partial charge in [0.05, 0.1) is 0 Å². The molecule has 0 fully saturated rings. The Hall–Kier alpha value is -2.41. The van der Waals surface area contributed by atoms with Gasteiger partial charge in [-0.25, -0.2) is 9.78 Å². The van der Waals surface area contributed by atoms with Gasteiger partial charge >= 0.3 is 5.97 Å². The predicted octanol–water partition coefficient (Wildman–Crippen LogP) is 2.60. The van der Waals surface area contributed by atoms with Crippen molar-refractivity contribution in [1.82, 2.24) is 4.98 Å². The van der Waals surface area contributed by atoms with Crippen LogP contribution in [0, 0.1) is 0 Å². The number of rotatable bonds is 7. The fourth-order valence-corrected chi connectivity index (χ4v) is 2.13. The van der Waals surface area contributed by atoms with Crippen LogP contribution in [-0.4, -0.2) is 23.3 Å². The van der Waals surface area contributed by atoms with Gasteiger partial charge in [-0.15, -0.1) is 11.3 Å². The number of oxime groups is 1. The SMILES string of the molecule is CCCON=C(C(=O)OCc1ccccc1)c1csc(N)n1. The van der Waals surface area contributed by atoms with Crippen LogP contribution in [0.1, 0.15) is 24.6 Å². The molecule has 0 aliphatic rings. The van der Waals surface area contributed by atoms with Gasteiger partial charge in [-0.2, -0.15) is 0 Å². The van der Waals surface area contributed by atoms with Crippen LogP contribution in [-0.2, 0) is 21.0 Å². The summed E-state index contributed by atoms with van der Waals surface area (Å²) < 4.78 is 5.26. The monoisotopic (exact) mass is 319 g/mol. The third-order valence-electron chi connectivity index (χ3n) is 2.62. The second-order valence-electron chi connectivity index (χ2n) is 4.41. The number of anilines is 1. The summed E-state index contributed by atoms with van der Waals surface area (Å²) in [5.41, 5.74) is 6.87. The number of thiazole rings is 1. The third kappa shape index (κ3) is 4.56. The van der Waals surface area contributed by atoms with E-state index in [1.807, 2.05) is 37.3 Å². The summed E-state index contributed by atoms with van der Waals surface area (Å²) in [6.07, 6.45) is 0.787. The first-order chi connectivity index (χ1) is 10.7. The number of nitrogens with two attached hydrogens (primary N) is 1. The van der Waals surface area contributed by atoms with Crippen molar-refractivity contribution in [2.24, 2.45) is 5.16 Å². The van der Waals surface area contributed by atoms with Gasteiger partial charge in [0.1, 0.15) is 18.9 Å². The van der Waals surface area contributed by atoms with Crippen LogP contribution < -0.4 is 5.73 Å². The Morgan fingerprint density at radius 2 is 2.14 bits per heavy atom. The largest absolute Gasteiger partial charge is 0.456 e. The summed E-state index contributed by atoms with van der Waals surface area (Å²) in [7, 11) is 0. The van der Waals surface area contributed by atoms with Crippen molar-refractivity contribution >= 4 is 28.1 Å². The molecule has 0 radical (unpaired) electrons. The van der Waals surface area contributed by atoms with E-state index in [9.17, 15) is 4.79 Å². The molecule has 1 aromatic carbocycles. The number of carbonyl (C=O) groups excluding carboxylic acids is 1. The maximum atomic E-state index is 12.2. The molecule has 0 amide bonds. The van der Waals surface area contributed by atoms with Crippen molar-refractivity contribution in [1.29, 1.82) is 0 Å². The predicted molar refractivity (Wildman–Crippen MR) is 85.5 cm³/mol. The minimum absolute atomic E-state index is 0.0253. The van der Waals surface area contributed by atoms with Crippen molar-refractivity contribution in [3.8, 4) is 0 Å². The molecule has 6 nitrogen and oxygen atoms in total. The van der Waals surface area contributed by atoms with Crippen LogP contribution in [0.2, 0.25) is 0 Å². The normalized spacial score (nSPS) is 11.2. The van der Waals surface area contributed by atoms with Crippen molar-refractivity contribution in [2.45, 2.75) is 20.0 Å². The van der Waals surface area contributed by atoms with Crippen molar-refractivity contribution in [3.05, 3.63) is 47.0 Å². The Morgan fingerprint density at radius 1 is 1.36 bits per heavy atom. The molecule has 7 heteroatoms. The first kappa shape index (κ1) is 16.0. The first-order valence-electron chi connectivity index (χ1n) is 6.83. The van der Waals surface area contributed by atoms with E-state index in [0.717, 1.165) is 12.0 Å². The number of benzene rings is 1. The molecule has 2 aromatic rings. The third-order valence-corrected chi connectivity index (χ3v) is 3.30. The van der Waals surface area contributed by atoms with Crippen molar-refractivity contribution in [3.63, 3.8) is 0 Å². The molecular weight excluding hydrogens is 302 g/mol. The maximum Gasteiger partial charge on any atom is 0.363 e. The minimum Gasteiger partial charge on any atom is -0.456 e. The Labute approximate surface area is 132 Å². The molecule has 0 unspecified atom stereocenters. The molecule has 0 bridgehead atoms. The van der Waals surface area contributed by atoms with Gasteiger partial charge in [-0.3, -0.25) is 0 Å². The number of nitrogens with zero attached hydrogens (tertiary/aromatic N) is 2. The Bertz CT molecular complexity index is 640. The highest BCUT2D eigenvalue weighted by molar-refractivity contribution is 7.13. The highest BCUT2D eigenvalue weighted by Crippen LogP contribution is 2.13. The average Bonchev–Trinajstić information content (AvgIpc) is 2.96. The smallest absolute Gasteiger partial charge is 0.363 e. The summed E-state index contributed by atoms with van der Waals surface area (Å²) in [5, 5.41) is 5.84. The van der Waals surface area contributed by atoms with Gasteiger partial charge in [-0.1, -0.05) is 42.4 Å². The molecule has 0 aliphatic carbocycles. The topological polar surface area (TPSA) is 86.8 Å². The Kier molecular flexibility index (Phi) is 5.91. The van der Waals surface area contributed by atoms with Crippen molar-refractivity contribution < 1.29 is 14.4 Å². The molecule has 1 heterocycles.